The van der Waals surface area contributed by atoms with E-state index in [2.05, 4.69) is 10.4 Å². The first kappa shape index (κ1) is 21.5. The molecule has 2 heterocycles. The first-order valence-electron chi connectivity index (χ1n) is 9.89. The second-order valence-corrected chi connectivity index (χ2v) is 7.91. The van der Waals surface area contributed by atoms with Crippen LogP contribution in [0.25, 0.3) is 15.9 Å². The van der Waals surface area contributed by atoms with Crippen molar-refractivity contribution in [3.8, 4) is 11.4 Å². The number of rotatable bonds is 7. The van der Waals surface area contributed by atoms with Crippen LogP contribution in [-0.2, 0) is 9.53 Å². The van der Waals surface area contributed by atoms with Crippen molar-refractivity contribution in [1.82, 2.24) is 9.78 Å². The Morgan fingerprint density at radius 1 is 1.16 bits per heavy atom. The van der Waals surface area contributed by atoms with Gasteiger partial charge < -0.3 is 14.8 Å². The van der Waals surface area contributed by atoms with E-state index in [9.17, 15) is 14.0 Å². The summed E-state index contributed by atoms with van der Waals surface area (Å²) in [6, 6.07) is 14.6. The molecule has 0 spiro atoms. The molecule has 9 heteroatoms. The lowest BCUT2D eigenvalue weighted by Gasteiger charge is -2.08. The van der Waals surface area contributed by atoms with Crippen molar-refractivity contribution < 1.29 is 23.5 Å². The highest BCUT2D eigenvalue weighted by atomic mass is 32.1. The Hall–Kier alpha value is -3.72. The number of aromatic nitrogens is 2. The molecule has 0 aliphatic heterocycles. The van der Waals surface area contributed by atoms with E-state index in [1.54, 1.807) is 54.1 Å². The van der Waals surface area contributed by atoms with E-state index in [4.69, 9.17) is 9.47 Å². The number of fused-ring (bicyclic) bond motifs is 1. The van der Waals surface area contributed by atoms with Crippen LogP contribution in [0.4, 0.5) is 10.1 Å². The molecule has 7 nitrogen and oxygen atoms in total. The van der Waals surface area contributed by atoms with Crippen LogP contribution in [-0.4, -0.2) is 34.9 Å². The topological polar surface area (TPSA) is 82.4 Å². The summed E-state index contributed by atoms with van der Waals surface area (Å²) in [4.78, 5) is 25.6. The molecule has 0 atom stereocenters. The third-order valence-electron chi connectivity index (χ3n) is 4.59. The van der Waals surface area contributed by atoms with E-state index in [1.165, 1.54) is 23.5 Å². The quantitative estimate of drug-likeness (QED) is 0.409. The van der Waals surface area contributed by atoms with E-state index in [0.29, 0.717) is 22.0 Å². The number of benzene rings is 2. The first-order chi connectivity index (χ1) is 15.4. The summed E-state index contributed by atoms with van der Waals surface area (Å²) in [5.41, 5.74) is 2.02. The van der Waals surface area contributed by atoms with Gasteiger partial charge in [-0.1, -0.05) is 6.07 Å². The van der Waals surface area contributed by atoms with Crippen molar-refractivity contribution in [3.63, 3.8) is 0 Å². The van der Waals surface area contributed by atoms with Gasteiger partial charge in [0, 0.05) is 17.1 Å². The van der Waals surface area contributed by atoms with Crippen LogP contribution >= 0.6 is 11.3 Å². The fraction of sp³-hybridized carbons (Fsp3) is 0.174. The summed E-state index contributed by atoms with van der Waals surface area (Å²) < 4.78 is 25.2. The third-order valence-corrected chi connectivity index (χ3v) is 5.70. The zero-order valence-corrected chi connectivity index (χ0v) is 18.2. The van der Waals surface area contributed by atoms with Crippen molar-refractivity contribution >= 4 is 39.1 Å². The Morgan fingerprint density at radius 2 is 1.94 bits per heavy atom. The normalized spacial score (nSPS) is 10.8. The number of carbonyl (C=O) groups excluding carboxylic acids is 2. The van der Waals surface area contributed by atoms with Crippen LogP contribution in [0.3, 0.4) is 0 Å². The summed E-state index contributed by atoms with van der Waals surface area (Å²) in [6.45, 7) is 3.66. The molecular formula is C23H20FN3O4S. The molecule has 0 aliphatic rings. The number of nitrogens with one attached hydrogen (secondary N) is 1. The molecule has 32 heavy (non-hydrogen) atoms. The summed E-state index contributed by atoms with van der Waals surface area (Å²) in [7, 11) is 0. The van der Waals surface area contributed by atoms with Crippen LogP contribution in [0.15, 0.2) is 54.6 Å². The number of halogens is 1. The minimum atomic E-state index is -0.460. The maximum atomic E-state index is 13.3. The lowest BCUT2D eigenvalue weighted by Crippen LogP contribution is -2.15. The van der Waals surface area contributed by atoms with Crippen molar-refractivity contribution in [2.24, 2.45) is 0 Å². The number of thiophene rings is 1. The average Bonchev–Trinajstić information content (AvgIpc) is 3.34. The molecule has 2 aromatic heterocycles. The first-order valence-corrected chi connectivity index (χ1v) is 10.7. The Morgan fingerprint density at radius 3 is 2.69 bits per heavy atom. The monoisotopic (exact) mass is 453 g/mol. The van der Waals surface area contributed by atoms with E-state index >= 15 is 0 Å². The molecule has 0 radical (unpaired) electrons. The van der Waals surface area contributed by atoms with Gasteiger partial charge in [0.25, 0.3) is 5.91 Å². The van der Waals surface area contributed by atoms with Gasteiger partial charge in [-0.15, -0.1) is 11.3 Å². The van der Waals surface area contributed by atoms with E-state index in [-0.39, 0.29) is 24.9 Å². The fourth-order valence-corrected chi connectivity index (χ4v) is 4.20. The number of aryl methyl sites for hydroxylation is 1. The molecule has 0 unspecified atom stereocenters. The molecule has 0 saturated carbocycles. The molecule has 1 N–H and O–H groups in total. The zero-order chi connectivity index (χ0) is 22.7. The van der Waals surface area contributed by atoms with Gasteiger partial charge in [0.05, 0.1) is 22.9 Å². The molecule has 0 fully saturated rings. The Balaban J connectivity index is 1.52. The molecule has 2 aromatic carbocycles. The predicted molar refractivity (Wildman–Crippen MR) is 120 cm³/mol. The van der Waals surface area contributed by atoms with Gasteiger partial charge in [0.15, 0.2) is 6.61 Å². The molecule has 0 saturated heterocycles. The minimum absolute atomic E-state index is 0.208. The van der Waals surface area contributed by atoms with E-state index < -0.39 is 5.97 Å². The van der Waals surface area contributed by atoms with Gasteiger partial charge in [-0.25, -0.2) is 13.9 Å². The van der Waals surface area contributed by atoms with Gasteiger partial charge in [-0.3, -0.25) is 4.79 Å². The maximum absolute atomic E-state index is 13.3. The molecular weight excluding hydrogens is 433 g/mol. The smallest absolute Gasteiger partial charge is 0.344 e. The van der Waals surface area contributed by atoms with Gasteiger partial charge in [0.2, 0.25) is 0 Å². The Bertz CT molecular complexity index is 1280. The Kier molecular flexibility index (Phi) is 6.18. The molecule has 0 aliphatic carbocycles. The van der Waals surface area contributed by atoms with Crippen molar-refractivity contribution in [1.29, 1.82) is 0 Å². The predicted octanol–water partition coefficient (Wildman–Crippen LogP) is 4.73. The lowest BCUT2D eigenvalue weighted by atomic mass is 10.2. The standard InChI is InChI=1S/C23H20FN3O4S/c1-3-30-21(28)13-31-18-6-4-5-16(11-18)25-22(29)20-12-19-14(2)26-27(23(19)32-20)17-9-7-15(24)8-10-17/h4-12H,3,13H2,1-2H3,(H,25,29). The second kappa shape index (κ2) is 9.19. The highest BCUT2D eigenvalue weighted by Crippen LogP contribution is 2.31. The average molecular weight is 453 g/mol. The summed E-state index contributed by atoms with van der Waals surface area (Å²) >= 11 is 1.30. The Labute approximate surface area is 187 Å². The number of hydrogen-bond donors (Lipinski definition) is 1. The summed E-state index contributed by atoms with van der Waals surface area (Å²) in [6.07, 6.45) is 0. The van der Waals surface area contributed by atoms with Gasteiger partial charge in [-0.05, 0) is 56.3 Å². The minimum Gasteiger partial charge on any atom is -0.482 e. The van der Waals surface area contributed by atoms with Crippen LogP contribution in [0, 0.1) is 12.7 Å². The largest absolute Gasteiger partial charge is 0.482 e. The second-order valence-electron chi connectivity index (χ2n) is 6.88. The molecule has 164 valence electrons. The highest BCUT2D eigenvalue weighted by molar-refractivity contribution is 7.20. The number of nitrogens with zero attached hydrogens (tertiary/aromatic N) is 2. The number of amides is 1. The number of hydrogen-bond acceptors (Lipinski definition) is 6. The highest BCUT2D eigenvalue weighted by Gasteiger charge is 2.17. The SMILES string of the molecule is CCOC(=O)COc1cccc(NC(=O)c2cc3c(C)nn(-c4ccc(F)cc4)c3s2)c1. The number of esters is 1. The molecule has 4 aromatic rings. The number of anilines is 1. The van der Waals surface area contributed by atoms with E-state index in [0.717, 1.165) is 15.9 Å². The van der Waals surface area contributed by atoms with Crippen LogP contribution in [0.5, 0.6) is 5.75 Å². The van der Waals surface area contributed by atoms with Crippen molar-refractivity contribution in [2.75, 3.05) is 18.5 Å². The van der Waals surface area contributed by atoms with Crippen LogP contribution < -0.4 is 10.1 Å². The zero-order valence-electron chi connectivity index (χ0n) is 17.4. The number of ether oxygens (including phenoxy) is 2. The van der Waals surface area contributed by atoms with Gasteiger partial charge in [-0.2, -0.15) is 5.10 Å². The van der Waals surface area contributed by atoms with Gasteiger partial charge in [0.1, 0.15) is 16.4 Å². The number of carbonyl (C=O) groups is 2. The third kappa shape index (κ3) is 4.62. The van der Waals surface area contributed by atoms with Crippen LogP contribution in [0.2, 0.25) is 0 Å². The van der Waals surface area contributed by atoms with Crippen molar-refractivity contribution in [2.45, 2.75) is 13.8 Å². The fourth-order valence-electron chi connectivity index (χ4n) is 3.12. The molecule has 1 amide bonds. The molecule has 4 rings (SSSR count). The van der Waals surface area contributed by atoms with Crippen LogP contribution in [0.1, 0.15) is 22.3 Å². The van der Waals surface area contributed by atoms with Crippen molar-refractivity contribution in [3.05, 3.63) is 71.0 Å². The van der Waals surface area contributed by atoms with Gasteiger partial charge >= 0.3 is 5.97 Å². The summed E-state index contributed by atoms with van der Waals surface area (Å²) in [5, 5.41) is 8.21. The molecule has 0 bridgehead atoms. The van der Waals surface area contributed by atoms with E-state index in [1.807, 2.05) is 6.92 Å². The maximum Gasteiger partial charge on any atom is 0.344 e. The lowest BCUT2D eigenvalue weighted by molar-refractivity contribution is -0.145. The summed E-state index contributed by atoms with van der Waals surface area (Å²) in [5.74, 6) is -0.625.